The van der Waals surface area contributed by atoms with E-state index in [1.807, 2.05) is 0 Å². The summed E-state index contributed by atoms with van der Waals surface area (Å²) in [6.07, 6.45) is -4.16. The SMILES string of the molecule is Cc1cn([C@H]2C[C@H](O)[C@@H](C(O)OP(O)(=S)OCCC#N)O2)c(=O)[nH]c1=O. The van der Waals surface area contributed by atoms with E-state index in [4.69, 9.17) is 30.9 Å². The summed E-state index contributed by atoms with van der Waals surface area (Å²) in [5, 5.41) is 28.5. The van der Waals surface area contributed by atoms with Crippen molar-refractivity contribution < 1.29 is 28.9 Å². The maximum absolute atomic E-state index is 11.9. The van der Waals surface area contributed by atoms with Crippen LogP contribution in [0.5, 0.6) is 0 Å². The molecule has 1 aliphatic heterocycles. The van der Waals surface area contributed by atoms with Gasteiger partial charge in [-0.15, -0.1) is 0 Å². The Hall–Kier alpha value is -1.42. The fourth-order valence-corrected chi connectivity index (χ4v) is 3.60. The quantitative estimate of drug-likeness (QED) is 0.249. The molecule has 1 aromatic rings. The third-order valence-corrected chi connectivity index (χ3v) is 5.15. The summed E-state index contributed by atoms with van der Waals surface area (Å²) in [6.45, 7) is -2.53. The van der Waals surface area contributed by atoms with Crippen LogP contribution < -0.4 is 11.2 Å². The fourth-order valence-electron chi connectivity index (χ4n) is 2.34. The summed E-state index contributed by atoms with van der Waals surface area (Å²) in [4.78, 5) is 35.3. The second-order valence-corrected chi connectivity index (χ2v) is 8.33. The number of aromatic amines is 1. The van der Waals surface area contributed by atoms with Crippen LogP contribution in [0.3, 0.4) is 0 Å². The van der Waals surface area contributed by atoms with Crippen LogP contribution in [0.15, 0.2) is 15.8 Å². The largest absolute Gasteiger partial charge is 0.390 e. The molecule has 4 N–H and O–H groups in total. The molecule has 0 saturated carbocycles. The zero-order valence-corrected chi connectivity index (χ0v) is 15.4. The van der Waals surface area contributed by atoms with Gasteiger partial charge in [0.1, 0.15) is 12.3 Å². The first-order chi connectivity index (χ1) is 12.1. The number of nitrogens with zero attached hydrogens (tertiary/aromatic N) is 2. The molecule has 2 heterocycles. The zero-order chi connectivity index (χ0) is 19.5. The maximum atomic E-state index is 11.9. The van der Waals surface area contributed by atoms with Gasteiger partial charge in [-0.3, -0.25) is 18.9 Å². The van der Waals surface area contributed by atoms with Crippen molar-refractivity contribution >= 4 is 18.5 Å². The molecule has 144 valence electrons. The van der Waals surface area contributed by atoms with Crippen molar-refractivity contribution in [3.8, 4) is 6.07 Å². The standard InChI is InChI=1S/C13H18N3O8PS/c1-7-6-16(13(20)15-11(7)18)9-5-8(17)10(23-9)12(19)24-25(21,26)22-4-2-3-14/h6,8-10,12,17,19H,2,4-5H2,1H3,(H,21,26)(H,15,18,20)/t8-,9+,10-,12?,25?/m0/s1. The van der Waals surface area contributed by atoms with Crippen molar-refractivity contribution in [1.82, 2.24) is 9.55 Å². The Morgan fingerprint density at radius 1 is 1.62 bits per heavy atom. The lowest BCUT2D eigenvalue weighted by Gasteiger charge is -2.25. The summed E-state index contributed by atoms with van der Waals surface area (Å²) in [5.74, 6) is 0. The van der Waals surface area contributed by atoms with Crippen LogP contribution in [0.2, 0.25) is 0 Å². The van der Waals surface area contributed by atoms with Crippen LogP contribution in [0, 0.1) is 18.3 Å². The minimum Gasteiger partial charge on any atom is -0.390 e. The molecule has 26 heavy (non-hydrogen) atoms. The molecular formula is C13H18N3O8PS. The second kappa shape index (κ2) is 8.51. The highest BCUT2D eigenvalue weighted by atomic mass is 32.5. The van der Waals surface area contributed by atoms with Gasteiger partial charge in [0.05, 0.1) is 25.2 Å². The van der Waals surface area contributed by atoms with E-state index in [9.17, 15) is 24.7 Å². The minimum atomic E-state index is -3.85. The van der Waals surface area contributed by atoms with Gasteiger partial charge in [0.15, 0.2) is 6.29 Å². The number of H-pyrrole nitrogens is 1. The van der Waals surface area contributed by atoms with E-state index < -0.39 is 42.7 Å². The Morgan fingerprint density at radius 2 is 2.31 bits per heavy atom. The first kappa shape index (κ1) is 20.9. The van der Waals surface area contributed by atoms with E-state index in [0.717, 1.165) is 4.57 Å². The molecule has 1 aromatic heterocycles. The predicted octanol–water partition coefficient (Wildman–Crippen LogP) is -1.02. The number of hydrogen-bond donors (Lipinski definition) is 4. The number of rotatable bonds is 7. The van der Waals surface area contributed by atoms with E-state index >= 15 is 0 Å². The predicted molar refractivity (Wildman–Crippen MR) is 90.4 cm³/mol. The van der Waals surface area contributed by atoms with Crippen LogP contribution in [0.1, 0.15) is 24.6 Å². The molecule has 13 heteroatoms. The van der Waals surface area contributed by atoms with E-state index in [-0.39, 0.29) is 25.0 Å². The van der Waals surface area contributed by atoms with Crippen molar-refractivity contribution in [2.75, 3.05) is 6.61 Å². The van der Waals surface area contributed by atoms with Gasteiger partial charge in [0.2, 0.25) is 0 Å². The van der Waals surface area contributed by atoms with Gasteiger partial charge in [-0.2, -0.15) is 5.26 Å². The number of aliphatic hydroxyl groups is 2. The van der Waals surface area contributed by atoms with Gasteiger partial charge in [-0.25, -0.2) is 4.79 Å². The molecule has 1 aliphatic rings. The number of nitriles is 1. The highest BCUT2D eigenvalue weighted by Crippen LogP contribution is 2.46. The van der Waals surface area contributed by atoms with E-state index in [2.05, 4.69) is 4.98 Å². The number of hydrogen-bond acceptors (Lipinski definition) is 9. The molecule has 0 spiro atoms. The Morgan fingerprint density at radius 3 is 2.96 bits per heavy atom. The van der Waals surface area contributed by atoms with Crippen LogP contribution in [-0.4, -0.2) is 49.8 Å². The number of aryl methyl sites for hydroxylation is 1. The lowest BCUT2D eigenvalue weighted by Crippen LogP contribution is -2.36. The molecule has 11 nitrogen and oxygen atoms in total. The van der Waals surface area contributed by atoms with E-state index in [0.29, 0.717) is 0 Å². The first-order valence-electron chi connectivity index (χ1n) is 7.51. The lowest BCUT2D eigenvalue weighted by molar-refractivity contribution is -0.159. The molecule has 0 aromatic carbocycles. The molecule has 1 fully saturated rings. The third kappa shape index (κ3) is 5.06. The monoisotopic (exact) mass is 407 g/mol. The Balaban J connectivity index is 2.07. The minimum absolute atomic E-state index is 0.0302. The molecule has 0 radical (unpaired) electrons. The summed E-state index contributed by atoms with van der Waals surface area (Å²) in [5.41, 5.74) is -1.01. The molecular weight excluding hydrogens is 389 g/mol. The average Bonchev–Trinajstić information content (AvgIpc) is 2.92. The summed E-state index contributed by atoms with van der Waals surface area (Å²) in [6, 6.07) is 1.79. The summed E-state index contributed by atoms with van der Waals surface area (Å²) in [7, 11) is 0. The maximum Gasteiger partial charge on any atom is 0.330 e. The number of ether oxygens (including phenoxy) is 1. The number of nitrogens with one attached hydrogen (secondary N) is 1. The van der Waals surface area contributed by atoms with Crippen molar-refractivity contribution in [2.24, 2.45) is 0 Å². The molecule has 0 aliphatic carbocycles. The van der Waals surface area contributed by atoms with Crippen molar-refractivity contribution in [3.63, 3.8) is 0 Å². The van der Waals surface area contributed by atoms with Gasteiger partial charge in [-0.05, 0) is 18.7 Å². The number of aromatic nitrogens is 2. The van der Waals surface area contributed by atoms with Crippen LogP contribution >= 0.6 is 6.72 Å². The van der Waals surface area contributed by atoms with E-state index in [1.165, 1.54) is 13.1 Å². The Kier molecular flexibility index (Phi) is 6.84. The summed E-state index contributed by atoms with van der Waals surface area (Å²) >= 11 is 4.70. The van der Waals surface area contributed by atoms with Crippen molar-refractivity contribution in [1.29, 1.82) is 5.26 Å². The Labute approximate surface area is 152 Å². The van der Waals surface area contributed by atoms with Crippen LogP contribution in [-0.2, 0) is 25.6 Å². The van der Waals surface area contributed by atoms with Crippen molar-refractivity contribution in [2.45, 2.75) is 44.5 Å². The molecule has 2 unspecified atom stereocenters. The van der Waals surface area contributed by atoms with Crippen LogP contribution in [0.4, 0.5) is 0 Å². The fraction of sp³-hybridized carbons (Fsp3) is 0.615. The molecule has 2 rings (SSSR count). The summed E-state index contributed by atoms with van der Waals surface area (Å²) < 4.78 is 16.2. The molecule has 1 saturated heterocycles. The van der Waals surface area contributed by atoms with Gasteiger partial charge in [0, 0.05) is 18.2 Å². The van der Waals surface area contributed by atoms with E-state index in [1.54, 1.807) is 6.07 Å². The molecule has 0 amide bonds. The third-order valence-electron chi connectivity index (χ3n) is 3.58. The van der Waals surface area contributed by atoms with Gasteiger partial charge in [-0.1, -0.05) is 0 Å². The Bertz CT molecular complexity index is 849. The zero-order valence-electron chi connectivity index (χ0n) is 13.6. The second-order valence-electron chi connectivity index (χ2n) is 5.54. The van der Waals surface area contributed by atoms with Gasteiger partial charge >= 0.3 is 12.4 Å². The smallest absolute Gasteiger partial charge is 0.330 e. The van der Waals surface area contributed by atoms with Crippen molar-refractivity contribution in [3.05, 3.63) is 32.6 Å². The van der Waals surface area contributed by atoms with Gasteiger partial charge < -0.3 is 24.4 Å². The highest BCUT2D eigenvalue weighted by molar-refractivity contribution is 8.07. The molecule has 0 bridgehead atoms. The molecule has 5 atom stereocenters. The average molecular weight is 407 g/mol. The lowest BCUT2D eigenvalue weighted by atomic mass is 10.2. The van der Waals surface area contributed by atoms with Gasteiger partial charge in [0.25, 0.3) is 5.56 Å². The highest BCUT2D eigenvalue weighted by Gasteiger charge is 2.42. The first-order valence-corrected chi connectivity index (χ1v) is 10.1. The topological polar surface area (TPSA) is 167 Å². The van der Waals surface area contributed by atoms with Crippen LogP contribution in [0.25, 0.3) is 0 Å². The normalized spacial score (nSPS) is 26.2. The number of aliphatic hydroxyl groups excluding tert-OH is 2.